The molecule has 21 rings (SSSR count). The van der Waals surface area contributed by atoms with Gasteiger partial charge in [0.05, 0.1) is 26.9 Å². The van der Waals surface area contributed by atoms with Gasteiger partial charge in [0.1, 0.15) is 56.0 Å². The Hall–Kier alpha value is -17.8. The number of aryl methyl sites for hydroxylation is 4. The van der Waals surface area contributed by atoms with E-state index in [0.29, 0.717) is 113 Å². The summed E-state index contributed by atoms with van der Waals surface area (Å²) in [6.45, 7) is 7.66. The Kier molecular flexibility index (Phi) is 28.9. The van der Waals surface area contributed by atoms with Gasteiger partial charge in [-0.1, -0.05) is 54.6 Å². The monoisotopic (exact) mass is 1970 g/mol. The van der Waals surface area contributed by atoms with Crippen LogP contribution in [0.2, 0.25) is 0 Å². The Morgan fingerprint density at radius 1 is 0.273 bits per heavy atom. The van der Waals surface area contributed by atoms with Gasteiger partial charge < -0.3 is 65.2 Å². The standard InChI is InChI=1S/C21H16F3N3O3.2C20H14F3N3O3.C20H16N4O2.C19H11F4N3O3/c1-12-8-14(4-5-17(12)29-21(22,23)24)15-9-13(2)19-16(10-15)20(27-30-19)28-11-18-25-6-3-7-26-18;1-12-9-14(13-3-5-15(6-4-13)28-20(21,22)23)10-16-18(12)29-26-19(16)27-11-17-24-7-2-8-25-17;1-12-8-14(13-4-2-5-15(9-13)28-20(21,22)23)10-16-18(12)29-26-19(16)27-11-17-24-6-3-7-25-17;1-8-21-19(22-9-1)12-25-20-16-10-14(5-7-18(16)26-24-20)15-4-6-17(23-11-15)13-2-3-13;20-15-9-12(11-2-4-13(5-3-11)28-19(21,22)23)8-14-17(15)29-26-18(14)27-10-16-24-6-1-7-25-16/h3-10H,11H2,1-2H3;2*2-10H,11H2,1H3;1,4-11,13H,2-3,12H2;1-9H,10H2. The number of fused-ring (bicyclic) bond motifs is 5. The van der Waals surface area contributed by atoms with Crippen molar-refractivity contribution in [3.05, 3.63) is 331 Å². The van der Waals surface area contributed by atoms with Crippen LogP contribution in [0, 0.1) is 33.5 Å². The molecular formula is C100H71F13N16O14. The molecule has 1 fully saturated rings. The zero-order valence-electron chi connectivity index (χ0n) is 74.7. The fourth-order valence-electron chi connectivity index (χ4n) is 14.4. The molecule has 20 aromatic rings. The third-order valence-electron chi connectivity index (χ3n) is 21.0. The zero-order chi connectivity index (χ0) is 99.9. The predicted molar refractivity (Wildman–Crippen MR) is 484 cm³/mol. The molecular weight excluding hydrogens is 1900 g/mol. The van der Waals surface area contributed by atoms with Gasteiger partial charge in [0.15, 0.2) is 57.3 Å². The molecule has 0 atom stereocenters. The van der Waals surface area contributed by atoms with Crippen LogP contribution < -0.4 is 42.6 Å². The molecule has 0 amide bonds. The minimum atomic E-state index is -4.79. The third-order valence-corrected chi connectivity index (χ3v) is 21.0. The van der Waals surface area contributed by atoms with E-state index in [1.807, 2.05) is 63.4 Å². The molecule has 11 aromatic heterocycles. The Morgan fingerprint density at radius 2 is 0.587 bits per heavy atom. The lowest BCUT2D eigenvalue weighted by atomic mass is 9.99. The van der Waals surface area contributed by atoms with Crippen molar-refractivity contribution in [2.24, 2.45) is 0 Å². The van der Waals surface area contributed by atoms with Crippen molar-refractivity contribution in [2.75, 3.05) is 0 Å². The van der Waals surface area contributed by atoms with Crippen LogP contribution in [0.3, 0.4) is 0 Å². The SMILES string of the molecule is Cc1cc(-c2cc(C)c3onc(OCc4ncccn4)c3c2)ccc1OC(F)(F)F.Cc1cc(-c2ccc(OC(F)(F)F)cc2)cc2c(OCc3ncccn3)noc12.Cc1cc(-c2cccc(OC(F)(F)F)c2)cc2c(OCc3ncccn3)noc12.Fc1cc(-c2ccc(OC(F)(F)F)cc2)cc2c(OCc3ncccn3)noc12.c1cnc(COc2noc3ccc(-c4ccc(C5CC5)nc4)cc23)nc1. The maximum absolute atomic E-state index is 14.4. The fourth-order valence-corrected chi connectivity index (χ4v) is 14.4. The highest BCUT2D eigenvalue weighted by molar-refractivity contribution is 5.93. The van der Waals surface area contributed by atoms with E-state index in [4.69, 9.17) is 46.3 Å². The molecule has 9 aromatic carbocycles. The lowest BCUT2D eigenvalue weighted by molar-refractivity contribution is -0.275. The summed E-state index contributed by atoms with van der Waals surface area (Å²) < 4.78 is 234. The van der Waals surface area contributed by atoms with E-state index in [-0.39, 0.29) is 90.5 Å². The first-order valence-electron chi connectivity index (χ1n) is 42.9. The van der Waals surface area contributed by atoms with Crippen LogP contribution in [0.4, 0.5) is 57.1 Å². The van der Waals surface area contributed by atoms with Crippen molar-refractivity contribution in [3.63, 3.8) is 0 Å². The molecule has 726 valence electrons. The number of alkyl halides is 12. The van der Waals surface area contributed by atoms with Crippen molar-refractivity contribution in [1.29, 1.82) is 0 Å². The van der Waals surface area contributed by atoms with Gasteiger partial charge in [-0.2, -0.15) is 0 Å². The number of pyridine rings is 1. The van der Waals surface area contributed by atoms with Gasteiger partial charge in [-0.25, -0.2) is 54.2 Å². The number of benzene rings is 9. The number of hydrogen-bond acceptors (Lipinski definition) is 30. The van der Waals surface area contributed by atoms with Crippen molar-refractivity contribution >= 4 is 54.8 Å². The molecule has 0 spiro atoms. The lowest BCUT2D eigenvalue weighted by Crippen LogP contribution is -2.17. The molecule has 1 aliphatic carbocycles. The summed E-state index contributed by atoms with van der Waals surface area (Å²) in [6.07, 6.45) is 1.56. The topological polar surface area (TPSA) is 355 Å². The maximum Gasteiger partial charge on any atom is 0.573 e. The molecule has 1 saturated carbocycles. The Labute approximate surface area is 798 Å². The Bertz CT molecular complexity index is 7570. The highest BCUT2D eigenvalue weighted by Gasteiger charge is 2.35. The van der Waals surface area contributed by atoms with E-state index in [0.717, 1.165) is 62.0 Å². The minimum Gasteiger partial charge on any atom is -0.467 e. The van der Waals surface area contributed by atoms with Gasteiger partial charge in [-0.15, -0.1) is 52.7 Å². The molecule has 0 N–H and O–H groups in total. The smallest absolute Gasteiger partial charge is 0.467 e. The van der Waals surface area contributed by atoms with Crippen molar-refractivity contribution in [1.82, 2.24) is 80.6 Å². The lowest BCUT2D eigenvalue weighted by Gasteiger charge is -2.13. The van der Waals surface area contributed by atoms with Gasteiger partial charge in [-0.3, -0.25) is 4.98 Å². The minimum absolute atomic E-state index is 0.00218. The molecule has 11 heterocycles. The number of rotatable bonds is 25. The summed E-state index contributed by atoms with van der Waals surface area (Å²) in [6, 6.07) is 53.3. The van der Waals surface area contributed by atoms with Crippen LogP contribution in [0.5, 0.6) is 52.4 Å². The van der Waals surface area contributed by atoms with E-state index in [1.165, 1.54) is 73.1 Å². The summed E-state index contributed by atoms with van der Waals surface area (Å²) >= 11 is 0. The first kappa shape index (κ1) is 96.8. The summed E-state index contributed by atoms with van der Waals surface area (Å²) in [5.74, 6) is 2.57. The van der Waals surface area contributed by atoms with E-state index in [2.05, 4.69) is 112 Å². The van der Waals surface area contributed by atoms with E-state index < -0.39 is 31.3 Å². The van der Waals surface area contributed by atoms with Crippen LogP contribution >= 0.6 is 0 Å². The van der Waals surface area contributed by atoms with Gasteiger partial charge in [0, 0.05) is 85.3 Å². The van der Waals surface area contributed by atoms with Crippen LogP contribution in [0.1, 0.15) is 75.8 Å². The highest BCUT2D eigenvalue weighted by Crippen LogP contribution is 2.44. The predicted octanol–water partition coefficient (Wildman–Crippen LogP) is 24.6. The third kappa shape index (κ3) is 25.6. The second-order valence-corrected chi connectivity index (χ2v) is 31.3. The maximum atomic E-state index is 14.4. The molecule has 0 saturated heterocycles. The van der Waals surface area contributed by atoms with Gasteiger partial charge >= 0.3 is 25.4 Å². The first-order chi connectivity index (χ1) is 68.8. The summed E-state index contributed by atoms with van der Waals surface area (Å²) in [4.78, 5) is 45.5. The largest absolute Gasteiger partial charge is 0.573 e. The van der Waals surface area contributed by atoms with Crippen molar-refractivity contribution in [3.8, 4) is 108 Å². The molecule has 1 aliphatic rings. The molecule has 143 heavy (non-hydrogen) atoms. The van der Waals surface area contributed by atoms with Crippen molar-refractivity contribution < 1.29 is 122 Å². The molecule has 0 bridgehead atoms. The zero-order valence-corrected chi connectivity index (χ0v) is 74.7. The average Bonchev–Trinajstić information content (AvgIpc) is 1.60. The normalized spacial score (nSPS) is 12.0. The van der Waals surface area contributed by atoms with Crippen molar-refractivity contribution in [2.45, 2.75) is 105 Å². The molecule has 0 unspecified atom stereocenters. The fraction of sp³-hybridized carbons (Fsp3) is 0.160. The van der Waals surface area contributed by atoms with Crippen LogP contribution in [0.15, 0.2) is 291 Å². The highest BCUT2D eigenvalue weighted by atomic mass is 19.4. The van der Waals surface area contributed by atoms with Gasteiger partial charge in [0.2, 0.25) is 5.58 Å². The Balaban J connectivity index is 0.000000123. The van der Waals surface area contributed by atoms with Gasteiger partial charge in [-0.05, 0) is 284 Å². The van der Waals surface area contributed by atoms with E-state index in [9.17, 15) is 57.1 Å². The number of nitrogens with zero attached hydrogens (tertiary/aromatic N) is 16. The van der Waals surface area contributed by atoms with E-state index in [1.54, 1.807) is 154 Å². The summed E-state index contributed by atoms with van der Waals surface area (Å²) in [7, 11) is 0. The van der Waals surface area contributed by atoms with Gasteiger partial charge in [0.25, 0.3) is 29.4 Å². The average molecular weight is 1970 g/mol. The second-order valence-electron chi connectivity index (χ2n) is 31.3. The first-order valence-corrected chi connectivity index (χ1v) is 42.9. The number of ether oxygens (including phenoxy) is 9. The molecule has 0 radical (unpaired) electrons. The van der Waals surface area contributed by atoms with Crippen LogP contribution in [-0.4, -0.2) is 106 Å². The second kappa shape index (κ2) is 42.6. The van der Waals surface area contributed by atoms with Crippen LogP contribution in [0.25, 0.3) is 110 Å². The van der Waals surface area contributed by atoms with E-state index >= 15 is 0 Å². The molecule has 43 heteroatoms. The molecule has 30 nitrogen and oxygen atoms in total. The van der Waals surface area contributed by atoms with Crippen LogP contribution in [-0.2, 0) is 33.0 Å². The number of halogens is 13. The summed E-state index contributed by atoms with van der Waals surface area (Å²) in [5, 5.41) is 22.6. The molecule has 0 aliphatic heterocycles. The summed E-state index contributed by atoms with van der Waals surface area (Å²) in [5.41, 5.74) is 13.4. The number of aromatic nitrogens is 16. The number of hydrogen-bond donors (Lipinski definition) is 0. The Morgan fingerprint density at radius 3 is 0.965 bits per heavy atom. The quantitative estimate of drug-likeness (QED) is 0.0480.